The van der Waals surface area contributed by atoms with Gasteiger partial charge in [-0.2, -0.15) is 0 Å². The van der Waals surface area contributed by atoms with Crippen LogP contribution < -0.4 is 5.73 Å². The van der Waals surface area contributed by atoms with E-state index >= 15 is 0 Å². The molecule has 1 heterocycles. The summed E-state index contributed by atoms with van der Waals surface area (Å²) in [7, 11) is 0. The molecular formula is C8H6BrClN4. The topological polar surface area (TPSA) is 56.7 Å². The fourth-order valence-electron chi connectivity index (χ4n) is 1.02. The van der Waals surface area contributed by atoms with Crippen molar-refractivity contribution in [2.45, 2.75) is 0 Å². The zero-order valence-electron chi connectivity index (χ0n) is 6.98. The molecule has 0 aliphatic heterocycles. The largest absolute Gasteiger partial charge is 0.380 e. The SMILES string of the molecule is Nc1nn(-c2ccccc2Br)nc1Cl. The van der Waals surface area contributed by atoms with Crippen LogP contribution in [0.25, 0.3) is 5.69 Å². The summed E-state index contributed by atoms with van der Waals surface area (Å²) in [5.41, 5.74) is 6.28. The summed E-state index contributed by atoms with van der Waals surface area (Å²) < 4.78 is 0.881. The van der Waals surface area contributed by atoms with Gasteiger partial charge in [-0.3, -0.25) is 0 Å². The quantitative estimate of drug-likeness (QED) is 0.867. The average Bonchev–Trinajstić information content (AvgIpc) is 2.48. The fourth-order valence-corrected chi connectivity index (χ4v) is 1.57. The molecule has 0 aliphatic rings. The molecular weight excluding hydrogens is 267 g/mol. The van der Waals surface area contributed by atoms with Gasteiger partial charge in [-0.05, 0) is 28.1 Å². The van der Waals surface area contributed by atoms with Crippen molar-refractivity contribution in [3.8, 4) is 5.69 Å². The molecule has 2 aromatic rings. The van der Waals surface area contributed by atoms with Crippen LogP contribution in [0.5, 0.6) is 0 Å². The van der Waals surface area contributed by atoms with Crippen molar-refractivity contribution in [3.63, 3.8) is 0 Å². The van der Waals surface area contributed by atoms with Crippen LogP contribution in [0.1, 0.15) is 0 Å². The predicted molar refractivity (Wildman–Crippen MR) is 58.5 cm³/mol. The molecule has 1 aromatic carbocycles. The zero-order valence-corrected chi connectivity index (χ0v) is 9.33. The molecule has 0 atom stereocenters. The second kappa shape index (κ2) is 3.59. The Hall–Kier alpha value is -1.07. The molecule has 2 rings (SSSR count). The smallest absolute Gasteiger partial charge is 0.195 e. The summed E-state index contributed by atoms with van der Waals surface area (Å²) in [6.07, 6.45) is 0. The molecule has 72 valence electrons. The van der Waals surface area contributed by atoms with Crippen molar-refractivity contribution >= 4 is 33.3 Å². The van der Waals surface area contributed by atoms with E-state index in [-0.39, 0.29) is 11.0 Å². The third kappa shape index (κ3) is 1.60. The molecule has 0 fully saturated rings. The Bertz CT molecular complexity index is 449. The van der Waals surface area contributed by atoms with E-state index in [1.165, 1.54) is 4.80 Å². The van der Waals surface area contributed by atoms with Gasteiger partial charge in [-0.15, -0.1) is 15.0 Å². The zero-order chi connectivity index (χ0) is 10.1. The van der Waals surface area contributed by atoms with Crippen molar-refractivity contribution < 1.29 is 0 Å². The summed E-state index contributed by atoms with van der Waals surface area (Å²) in [4.78, 5) is 1.39. The summed E-state index contributed by atoms with van der Waals surface area (Å²) in [6, 6.07) is 7.54. The molecule has 0 radical (unpaired) electrons. The molecule has 0 saturated heterocycles. The average molecular weight is 274 g/mol. The van der Waals surface area contributed by atoms with Crippen molar-refractivity contribution in [3.05, 3.63) is 33.9 Å². The highest BCUT2D eigenvalue weighted by Crippen LogP contribution is 2.21. The van der Waals surface area contributed by atoms with Gasteiger partial charge in [0, 0.05) is 4.47 Å². The number of hydrogen-bond donors (Lipinski definition) is 1. The number of aromatic nitrogens is 3. The lowest BCUT2D eigenvalue weighted by atomic mass is 10.3. The standard InChI is InChI=1S/C8H6BrClN4/c9-5-3-1-2-4-6(5)14-12-7(10)8(11)13-14/h1-4H,(H2,11,13). The van der Waals surface area contributed by atoms with E-state index in [0.717, 1.165) is 10.2 Å². The molecule has 0 unspecified atom stereocenters. The number of halogens is 2. The first-order valence-electron chi connectivity index (χ1n) is 3.81. The van der Waals surface area contributed by atoms with Crippen LogP contribution in [0.3, 0.4) is 0 Å². The number of hydrogen-bond acceptors (Lipinski definition) is 3. The van der Waals surface area contributed by atoms with Crippen LogP contribution in [-0.2, 0) is 0 Å². The lowest BCUT2D eigenvalue weighted by Crippen LogP contribution is -1.99. The summed E-state index contributed by atoms with van der Waals surface area (Å²) in [6.45, 7) is 0. The first-order valence-corrected chi connectivity index (χ1v) is 4.99. The number of benzene rings is 1. The lowest BCUT2D eigenvalue weighted by molar-refractivity contribution is 0.751. The lowest BCUT2D eigenvalue weighted by Gasteiger charge is -2.00. The van der Waals surface area contributed by atoms with Gasteiger partial charge in [0.05, 0.1) is 5.69 Å². The van der Waals surface area contributed by atoms with Gasteiger partial charge in [-0.25, -0.2) is 0 Å². The molecule has 0 amide bonds. The van der Waals surface area contributed by atoms with Gasteiger partial charge in [0.2, 0.25) is 0 Å². The second-order valence-corrected chi connectivity index (χ2v) is 3.83. The van der Waals surface area contributed by atoms with Gasteiger partial charge in [0.1, 0.15) is 0 Å². The van der Waals surface area contributed by atoms with E-state index in [9.17, 15) is 0 Å². The Morgan fingerprint density at radius 3 is 2.57 bits per heavy atom. The first-order chi connectivity index (χ1) is 6.68. The van der Waals surface area contributed by atoms with Crippen LogP contribution in [0, 0.1) is 0 Å². The number of anilines is 1. The predicted octanol–water partition coefficient (Wildman–Crippen LogP) is 2.27. The maximum Gasteiger partial charge on any atom is 0.195 e. The number of nitrogens with two attached hydrogens (primary N) is 1. The first kappa shape index (κ1) is 9.48. The summed E-state index contributed by atoms with van der Waals surface area (Å²) in [5, 5.41) is 8.13. The van der Waals surface area contributed by atoms with Crippen molar-refractivity contribution in [1.29, 1.82) is 0 Å². The van der Waals surface area contributed by atoms with Crippen LogP contribution in [0.15, 0.2) is 28.7 Å². The molecule has 0 aliphatic carbocycles. The maximum absolute atomic E-state index is 5.70. The highest BCUT2D eigenvalue weighted by Gasteiger charge is 2.08. The van der Waals surface area contributed by atoms with E-state index in [2.05, 4.69) is 26.1 Å². The van der Waals surface area contributed by atoms with Crippen LogP contribution in [0.2, 0.25) is 5.15 Å². The van der Waals surface area contributed by atoms with E-state index < -0.39 is 0 Å². The van der Waals surface area contributed by atoms with E-state index in [0.29, 0.717) is 0 Å². The number of nitrogen functional groups attached to an aromatic ring is 1. The van der Waals surface area contributed by atoms with Gasteiger partial charge in [0.15, 0.2) is 11.0 Å². The third-order valence-corrected chi connectivity index (χ3v) is 2.60. The molecule has 6 heteroatoms. The Labute approximate surface area is 93.8 Å². The monoisotopic (exact) mass is 272 g/mol. The van der Waals surface area contributed by atoms with E-state index in [1.54, 1.807) is 0 Å². The van der Waals surface area contributed by atoms with Crippen molar-refractivity contribution in [2.24, 2.45) is 0 Å². The third-order valence-electron chi connectivity index (χ3n) is 1.66. The van der Waals surface area contributed by atoms with Gasteiger partial charge < -0.3 is 5.73 Å². The molecule has 1 aromatic heterocycles. The minimum absolute atomic E-state index is 0.209. The van der Waals surface area contributed by atoms with E-state index in [1.807, 2.05) is 24.3 Å². The Kier molecular flexibility index (Phi) is 2.43. The Morgan fingerprint density at radius 1 is 1.29 bits per heavy atom. The summed E-state index contributed by atoms with van der Waals surface area (Å²) >= 11 is 9.08. The maximum atomic E-state index is 5.70. The number of para-hydroxylation sites is 1. The fraction of sp³-hybridized carbons (Fsp3) is 0. The van der Waals surface area contributed by atoms with Crippen LogP contribution in [0.4, 0.5) is 5.82 Å². The normalized spacial score (nSPS) is 10.4. The number of nitrogens with zero attached hydrogens (tertiary/aromatic N) is 3. The van der Waals surface area contributed by atoms with Crippen molar-refractivity contribution in [1.82, 2.24) is 15.0 Å². The molecule has 2 N–H and O–H groups in total. The molecule has 0 bridgehead atoms. The van der Waals surface area contributed by atoms with Crippen LogP contribution in [-0.4, -0.2) is 15.0 Å². The van der Waals surface area contributed by atoms with Crippen molar-refractivity contribution in [2.75, 3.05) is 5.73 Å². The second-order valence-electron chi connectivity index (χ2n) is 2.62. The Morgan fingerprint density at radius 2 is 2.00 bits per heavy atom. The molecule has 4 nitrogen and oxygen atoms in total. The molecule has 14 heavy (non-hydrogen) atoms. The highest BCUT2D eigenvalue weighted by molar-refractivity contribution is 9.10. The van der Waals surface area contributed by atoms with Crippen LogP contribution >= 0.6 is 27.5 Å². The Balaban J connectivity index is 2.55. The minimum atomic E-state index is 0.209. The molecule has 0 saturated carbocycles. The van der Waals surface area contributed by atoms with E-state index in [4.69, 9.17) is 17.3 Å². The van der Waals surface area contributed by atoms with Gasteiger partial charge in [0.25, 0.3) is 0 Å². The number of rotatable bonds is 1. The highest BCUT2D eigenvalue weighted by atomic mass is 79.9. The van der Waals surface area contributed by atoms with Gasteiger partial charge in [-0.1, -0.05) is 23.7 Å². The molecule has 0 spiro atoms. The summed E-state index contributed by atoms with van der Waals surface area (Å²) in [5.74, 6) is 0.224. The minimum Gasteiger partial charge on any atom is -0.380 e. The van der Waals surface area contributed by atoms with Gasteiger partial charge >= 0.3 is 0 Å².